The van der Waals surface area contributed by atoms with E-state index in [-0.39, 0.29) is 0 Å². The molecular weight excluding hydrogens is 192 g/mol. The molecule has 0 N–H and O–H groups in total. The first-order valence-electron chi connectivity index (χ1n) is 7.33. The Morgan fingerprint density at radius 2 is 1.31 bits per heavy atom. The van der Waals surface area contributed by atoms with E-state index >= 15 is 0 Å². The van der Waals surface area contributed by atoms with Gasteiger partial charge in [-0.25, -0.2) is 0 Å². The predicted molar refractivity (Wildman–Crippen MR) is 75.8 cm³/mol. The Morgan fingerprint density at radius 1 is 0.750 bits per heavy atom. The lowest BCUT2D eigenvalue weighted by Gasteiger charge is -2.26. The van der Waals surface area contributed by atoms with Crippen LogP contribution >= 0.6 is 0 Å². The number of hydrogen-bond acceptors (Lipinski definition) is 0. The smallest absolute Gasteiger partial charge is 0.0352 e. The van der Waals surface area contributed by atoms with E-state index in [0.29, 0.717) is 5.41 Å². The molecule has 0 aliphatic heterocycles. The van der Waals surface area contributed by atoms with Crippen LogP contribution < -0.4 is 0 Å². The molecule has 0 saturated heterocycles. The van der Waals surface area contributed by atoms with Crippen LogP contribution in [0.5, 0.6) is 0 Å². The maximum absolute atomic E-state index is 2.43. The first-order chi connectivity index (χ1) is 7.33. The summed E-state index contributed by atoms with van der Waals surface area (Å²) in [7, 11) is 0. The van der Waals surface area contributed by atoms with Gasteiger partial charge in [-0.1, -0.05) is 73.6 Å². The SMILES string of the molecule is CC(C)CCCCCCC(C)(C)CC(C)C. The Kier molecular flexibility index (Phi) is 8.14. The maximum atomic E-state index is 2.43. The molecule has 0 aromatic carbocycles. The first kappa shape index (κ1) is 16.0. The molecule has 0 atom stereocenters. The topological polar surface area (TPSA) is 0 Å². The number of unbranched alkanes of at least 4 members (excludes halogenated alkanes) is 3. The summed E-state index contributed by atoms with van der Waals surface area (Å²) in [5, 5.41) is 0. The summed E-state index contributed by atoms with van der Waals surface area (Å²) < 4.78 is 0. The lowest BCUT2D eigenvalue weighted by molar-refractivity contribution is 0.256. The molecule has 98 valence electrons. The summed E-state index contributed by atoms with van der Waals surface area (Å²) in [4.78, 5) is 0. The van der Waals surface area contributed by atoms with Crippen molar-refractivity contribution in [2.24, 2.45) is 17.3 Å². The molecule has 0 aromatic rings. The minimum atomic E-state index is 0.562. The second-order valence-electron chi connectivity index (χ2n) is 7.11. The van der Waals surface area contributed by atoms with Gasteiger partial charge in [0.1, 0.15) is 0 Å². The largest absolute Gasteiger partial charge is 0.0628 e. The highest BCUT2D eigenvalue weighted by Gasteiger charge is 2.18. The third-order valence-corrected chi connectivity index (χ3v) is 3.35. The van der Waals surface area contributed by atoms with Gasteiger partial charge < -0.3 is 0 Å². The van der Waals surface area contributed by atoms with Gasteiger partial charge in [0.15, 0.2) is 0 Å². The van der Waals surface area contributed by atoms with Crippen molar-refractivity contribution >= 4 is 0 Å². The average molecular weight is 226 g/mol. The minimum absolute atomic E-state index is 0.562. The molecular formula is C16H34. The standard InChI is InChI=1S/C16H34/c1-14(2)11-9-7-8-10-12-16(5,6)13-15(3)4/h14-15H,7-13H2,1-6H3. The second kappa shape index (κ2) is 8.14. The molecule has 0 radical (unpaired) electrons. The van der Waals surface area contributed by atoms with Gasteiger partial charge in [-0.2, -0.15) is 0 Å². The van der Waals surface area contributed by atoms with Crippen LogP contribution in [0.4, 0.5) is 0 Å². The van der Waals surface area contributed by atoms with Crippen LogP contribution in [0.15, 0.2) is 0 Å². The summed E-state index contributed by atoms with van der Waals surface area (Å²) in [5.74, 6) is 1.73. The molecule has 0 amide bonds. The van der Waals surface area contributed by atoms with E-state index < -0.39 is 0 Å². The molecule has 0 aliphatic rings. The van der Waals surface area contributed by atoms with Crippen LogP contribution in [0.3, 0.4) is 0 Å². The Balaban J connectivity index is 3.43. The molecule has 0 rings (SSSR count). The molecule has 0 bridgehead atoms. The summed E-state index contributed by atoms with van der Waals surface area (Å²) in [6.45, 7) is 14.2. The summed E-state index contributed by atoms with van der Waals surface area (Å²) >= 11 is 0. The van der Waals surface area contributed by atoms with Gasteiger partial charge in [-0.05, 0) is 30.1 Å². The van der Waals surface area contributed by atoms with Crippen molar-refractivity contribution in [3.63, 3.8) is 0 Å². The lowest BCUT2D eigenvalue weighted by Crippen LogP contribution is -2.14. The van der Waals surface area contributed by atoms with Crippen molar-refractivity contribution in [2.45, 2.75) is 86.5 Å². The first-order valence-corrected chi connectivity index (χ1v) is 7.33. The average Bonchev–Trinajstić information content (AvgIpc) is 2.08. The van der Waals surface area contributed by atoms with Crippen molar-refractivity contribution in [2.75, 3.05) is 0 Å². The molecule has 0 aromatic heterocycles. The Morgan fingerprint density at radius 3 is 1.81 bits per heavy atom. The van der Waals surface area contributed by atoms with Gasteiger partial charge in [0.25, 0.3) is 0 Å². The minimum Gasteiger partial charge on any atom is -0.0628 e. The Labute approximate surface area is 104 Å². The van der Waals surface area contributed by atoms with Crippen LogP contribution in [0, 0.1) is 17.3 Å². The van der Waals surface area contributed by atoms with E-state index in [2.05, 4.69) is 41.5 Å². The normalized spacial score (nSPS) is 12.8. The van der Waals surface area contributed by atoms with Crippen LogP contribution in [-0.2, 0) is 0 Å². The van der Waals surface area contributed by atoms with Crippen molar-refractivity contribution in [1.29, 1.82) is 0 Å². The molecule has 0 nitrogen and oxygen atoms in total. The van der Waals surface area contributed by atoms with E-state index in [1.165, 1.54) is 44.9 Å². The Bertz CT molecular complexity index is 153. The van der Waals surface area contributed by atoms with E-state index in [9.17, 15) is 0 Å². The zero-order valence-electron chi connectivity index (χ0n) is 12.6. The fourth-order valence-electron chi connectivity index (χ4n) is 2.72. The molecule has 0 heteroatoms. The highest BCUT2D eigenvalue weighted by Crippen LogP contribution is 2.31. The van der Waals surface area contributed by atoms with Gasteiger partial charge in [0.2, 0.25) is 0 Å². The lowest BCUT2D eigenvalue weighted by atomic mass is 9.79. The summed E-state index contributed by atoms with van der Waals surface area (Å²) in [6.07, 6.45) is 9.94. The highest BCUT2D eigenvalue weighted by molar-refractivity contribution is 4.70. The molecule has 0 spiro atoms. The van der Waals surface area contributed by atoms with E-state index in [1.54, 1.807) is 0 Å². The number of hydrogen-bond donors (Lipinski definition) is 0. The van der Waals surface area contributed by atoms with Crippen LogP contribution in [0.25, 0.3) is 0 Å². The monoisotopic (exact) mass is 226 g/mol. The summed E-state index contributed by atoms with van der Waals surface area (Å²) in [5.41, 5.74) is 0.562. The van der Waals surface area contributed by atoms with Gasteiger partial charge in [0.05, 0.1) is 0 Å². The van der Waals surface area contributed by atoms with Crippen molar-refractivity contribution in [3.05, 3.63) is 0 Å². The van der Waals surface area contributed by atoms with Crippen LogP contribution in [-0.4, -0.2) is 0 Å². The van der Waals surface area contributed by atoms with Crippen molar-refractivity contribution < 1.29 is 0 Å². The molecule has 0 unspecified atom stereocenters. The third kappa shape index (κ3) is 10.5. The zero-order valence-corrected chi connectivity index (χ0v) is 12.6. The van der Waals surface area contributed by atoms with Crippen LogP contribution in [0.2, 0.25) is 0 Å². The maximum Gasteiger partial charge on any atom is -0.0352 e. The fourth-order valence-corrected chi connectivity index (χ4v) is 2.72. The van der Waals surface area contributed by atoms with Gasteiger partial charge in [0, 0.05) is 0 Å². The fraction of sp³-hybridized carbons (Fsp3) is 1.00. The third-order valence-electron chi connectivity index (χ3n) is 3.35. The molecule has 0 aliphatic carbocycles. The Hall–Kier alpha value is 0. The van der Waals surface area contributed by atoms with E-state index in [4.69, 9.17) is 0 Å². The quantitative estimate of drug-likeness (QED) is 0.419. The number of rotatable bonds is 9. The second-order valence-corrected chi connectivity index (χ2v) is 7.11. The highest BCUT2D eigenvalue weighted by atomic mass is 14.2. The van der Waals surface area contributed by atoms with Gasteiger partial charge in [-0.15, -0.1) is 0 Å². The van der Waals surface area contributed by atoms with Gasteiger partial charge >= 0.3 is 0 Å². The van der Waals surface area contributed by atoms with E-state index in [0.717, 1.165) is 11.8 Å². The summed E-state index contributed by atoms with van der Waals surface area (Å²) in [6, 6.07) is 0. The molecule has 0 fully saturated rings. The van der Waals surface area contributed by atoms with Crippen molar-refractivity contribution in [1.82, 2.24) is 0 Å². The van der Waals surface area contributed by atoms with Gasteiger partial charge in [-0.3, -0.25) is 0 Å². The van der Waals surface area contributed by atoms with Crippen LogP contribution in [0.1, 0.15) is 86.5 Å². The molecule has 0 saturated carbocycles. The molecule has 16 heavy (non-hydrogen) atoms. The molecule has 0 heterocycles. The zero-order chi connectivity index (χ0) is 12.6. The van der Waals surface area contributed by atoms with E-state index in [1.807, 2.05) is 0 Å². The predicted octanol–water partition coefficient (Wildman–Crippen LogP) is 6.06. The van der Waals surface area contributed by atoms with Crippen molar-refractivity contribution in [3.8, 4) is 0 Å².